The van der Waals surface area contributed by atoms with E-state index in [4.69, 9.17) is 9.47 Å². The van der Waals surface area contributed by atoms with E-state index in [2.05, 4.69) is 4.98 Å². The number of hydrogen-bond donors (Lipinski definition) is 0. The molecule has 0 aliphatic carbocycles. The number of Topliss-reactive ketones (excluding diaryl/α,β-unsaturated/α-hetero) is 1. The minimum atomic E-state index is -0.0168. The van der Waals surface area contributed by atoms with Crippen LogP contribution in [0.1, 0.15) is 23.8 Å². The lowest BCUT2D eigenvalue weighted by Crippen LogP contribution is -1.97. The predicted molar refractivity (Wildman–Crippen MR) is 73.2 cm³/mol. The van der Waals surface area contributed by atoms with Crippen LogP contribution in [0.4, 0.5) is 0 Å². The molecule has 0 radical (unpaired) electrons. The summed E-state index contributed by atoms with van der Waals surface area (Å²) in [6.45, 7) is 2.86. The summed E-state index contributed by atoms with van der Waals surface area (Å²) < 4.78 is 11.2. The molecule has 0 fully saturated rings. The van der Waals surface area contributed by atoms with Gasteiger partial charge in [-0.2, -0.15) is 0 Å². The fourth-order valence-electron chi connectivity index (χ4n) is 1.86. The number of fused-ring (bicyclic) bond motifs is 1. The second kappa shape index (κ2) is 5.01. The molecule has 1 aliphatic rings. The lowest BCUT2D eigenvalue weighted by molar-refractivity contribution is 0.101. The van der Waals surface area contributed by atoms with Crippen LogP contribution >= 0.6 is 11.3 Å². The molecule has 0 bridgehead atoms. The molecule has 1 aliphatic heterocycles. The quantitative estimate of drug-likeness (QED) is 0.790. The molecule has 0 saturated carbocycles. The van der Waals surface area contributed by atoms with Crippen molar-refractivity contribution in [3.63, 3.8) is 0 Å². The van der Waals surface area contributed by atoms with Crippen molar-refractivity contribution in [2.75, 3.05) is 13.2 Å². The molecule has 0 atom stereocenters. The maximum atomic E-state index is 11.3. The van der Waals surface area contributed by atoms with Gasteiger partial charge in [0.25, 0.3) is 0 Å². The summed E-state index contributed by atoms with van der Waals surface area (Å²) in [7, 11) is 0. The second-order valence-corrected chi connectivity index (χ2v) is 5.16. The van der Waals surface area contributed by atoms with Crippen molar-refractivity contribution < 1.29 is 14.3 Å². The molecule has 19 heavy (non-hydrogen) atoms. The zero-order valence-electron chi connectivity index (χ0n) is 10.5. The summed E-state index contributed by atoms with van der Waals surface area (Å²) in [5, 5.41) is 2.60. The van der Waals surface area contributed by atoms with Crippen molar-refractivity contribution in [3.05, 3.63) is 29.3 Å². The molecule has 3 rings (SSSR count). The molecule has 2 heterocycles. The Balaban J connectivity index is 1.96. The van der Waals surface area contributed by atoms with Crippen LogP contribution in [0.3, 0.4) is 0 Å². The van der Waals surface area contributed by atoms with Gasteiger partial charge in [0.15, 0.2) is 17.3 Å². The maximum absolute atomic E-state index is 11.3. The Morgan fingerprint density at radius 3 is 2.79 bits per heavy atom. The Labute approximate surface area is 115 Å². The summed E-state index contributed by atoms with van der Waals surface area (Å²) in [4.78, 5) is 15.6. The number of hydrogen-bond acceptors (Lipinski definition) is 5. The highest BCUT2D eigenvalue weighted by atomic mass is 32.1. The standard InChI is InChI=1S/C14H13NO3S/c1-9(16)11-8-19-14(15-11)10-3-4-12-13(7-10)18-6-2-5-17-12/h3-4,7-8H,2,5-6H2,1H3. The van der Waals surface area contributed by atoms with Crippen molar-refractivity contribution >= 4 is 17.1 Å². The third kappa shape index (κ3) is 2.46. The fraction of sp³-hybridized carbons (Fsp3) is 0.286. The monoisotopic (exact) mass is 275 g/mol. The first kappa shape index (κ1) is 12.2. The normalized spacial score (nSPS) is 13.9. The molecular weight excluding hydrogens is 262 g/mol. The summed E-state index contributed by atoms with van der Waals surface area (Å²) in [6, 6.07) is 5.75. The topological polar surface area (TPSA) is 48.4 Å². The van der Waals surface area contributed by atoms with Crippen LogP contribution in [-0.4, -0.2) is 24.0 Å². The SMILES string of the molecule is CC(=O)c1csc(-c2ccc3c(c2)OCCCO3)n1. The smallest absolute Gasteiger partial charge is 0.178 e. The molecule has 98 valence electrons. The molecule has 0 saturated heterocycles. The minimum Gasteiger partial charge on any atom is -0.490 e. The molecule has 0 unspecified atom stereocenters. The first-order valence-electron chi connectivity index (χ1n) is 6.10. The second-order valence-electron chi connectivity index (χ2n) is 4.31. The molecule has 0 amide bonds. The highest BCUT2D eigenvalue weighted by Gasteiger charge is 2.13. The number of aromatic nitrogens is 1. The van der Waals surface area contributed by atoms with E-state index < -0.39 is 0 Å². The van der Waals surface area contributed by atoms with E-state index in [1.165, 1.54) is 18.3 Å². The van der Waals surface area contributed by atoms with E-state index >= 15 is 0 Å². The van der Waals surface area contributed by atoms with Gasteiger partial charge < -0.3 is 9.47 Å². The van der Waals surface area contributed by atoms with Gasteiger partial charge in [0.1, 0.15) is 10.7 Å². The summed E-state index contributed by atoms with van der Waals surface area (Å²) in [6.07, 6.45) is 0.885. The number of nitrogens with zero attached hydrogens (tertiary/aromatic N) is 1. The molecular formula is C14H13NO3S. The molecule has 2 aromatic rings. The van der Waals surface area contributed by atoms with Gasteiger partial charge in [-0.3, -0.25) is 4.79 Å². The minimum absolute atomic E-state index is 0.0168. The Morgan fingerprint density at radius 2 is 2.05 bits per heavy atom. The number of thiazole rings is 1. The van der Waals surface area contributed by atoms with Gasteiger partial charge in [0.2, 0.25) is 0 Å². The predicted octanol–water partition coefficient (Wildman–Crippen LogP) is 3.17. The molecule has 0 N–H and O–H groups in total. The first-order valence-corrected chi connectivity index (χ1v) is 6.98. The fourth-order valence-corrected chi connectivity index (χ4v) is 2.72. The molecule has 1 aromatic heterocycles. The van der Waals surface area contributed by atoms with Crippen LogP contribution in [0.15, 0.2) is 23.6 Å². The third-order valence-electron chi connectivity index (χ3n) is 2.86. The molecule has 0 spiro atoms. The van der Waals surface area contributed by atoms with E-state index in [1.54, 1.807) is 5.38 Å². The van der Waals surface area contributed by atoms with Crippen LogP contribution in [0.2, 0.25) is 0 Å². The van der Waals surface area contributed by atoms with Gasteiger partial charge in [0, 0.05) is 24.3 Å². The summed E-state index contributed by atoms with van der Waals surface area (Å²) in [5.74, 6) is 1.50. The highest BCUT2D eigenvalue weighted by Crippen LogP contribution is 2.35. The van der Waals surface area contributed by atoms with Crippen molar-refractivity contribution in [2.24, 2.45) is 0 Å². The van der Waals surface area contributed by atoms with Gasteiger partial charge in [0.05, 0.1) is 13.2 Å². The molecule has 4 nitrogen and oxygen atoms in total. The largest absolute Gasteiger partial charge is 0.490 e. The summed E-state index contributed by atoms with van der Waals surface area (Å²) in [5.41, 5.74) is 1.45. The molecule has 5 heteroatoms. The Kier molecular flexibility index (Phi) is 3.21. The number of ether oxygens (including phenoxy) is 2. The van der Waals surface area contributed by atoms with Crippen LogP contribution < -0.4 is 9.47 Å². The maximum Gasteiger partial charge on any atom is 0.178 e. The number of ketones is 1. The Hall–Kier alpha value is -1.88. The van der Waals surface area contributed by atoms with E-state index in [0.717, 1.165) is 28.5 Å². The number of rotatable bonds is 2. The van der Waals surface area contributed by atoms with Gasteiger partial charge >= 0.3 is 0 Å². The van der Waals surface area contributed by atoms with Crippen LogP contribution in [0, 0.1) is 0 Å². The number of benzene rings is 1. The van der Waals surface area contributed by atoms with Crippen molar-refractivity contribution in [1.29, 1.82) is 0 Å². The van der Waals surface area contributed by atoms with Gasteiger partial charge in [-0.05, 0) is 18.2 Å². The van der Waals surface area contributed by atoms with Crippen molar-refractivity contribution in [3.8, 4) is 22.1 Å². The van der Waals surface area contributed by atoms with Gasteiger partial charge in [-0.1, -0.05) is 0 Å². The van der Waals surface area contributed by atoms with E-state index in [0.29, 0.717) is 18.9 Å². The Morgan fingerprint density at radius 1 is 1.26 bits per heavy atom. The zero-order chi connectivity index (χ0) is 13.2. The van der Waals surface area contributed by atoms with Crippen molar-refractivity contribution in [1.82, 2.24) is 4.98 Å². The van der Waals surface area contributed by atoms with Gasteiger partial charge in [-0.15, -0.1) is 11.3 Å². The first-order chi connectivity index (χ1) is 9.24. The lowest BCUT2D eigenvalue weighted by Gasteiger charge is -2.07. The van der Waals surface area contributed by atoms with Crippen LogP contribution in [0.5, 0.6) is 11.5 Å². The lowest BCUT2D eigenvalue weighted by atomic mass is 10.2. The zero-order valence-corrected chi connectivity index (χ0v) is 11.3. The van der Waals surface area contributed by atoms with Crippen LogP contribution in [0.25, 0.3) is 10.6 Å². The van der Waals surface area contributed by atoms with E-state index in [1.807, 2.05) is 18.2 Å². The highest BCUT2D eigenvalue weighted by molar-refractivity contribution is 7.13. The average molecular weight is 275 g/mol. The van der Waals surface area contributed by atoms with E-state index in [9.17, 15) is 4.79 Å². The average Bonchev–Trinajstić information content (AvgIpc) is 2.78. The Bertz CT molecular complexity index is 621. The third-order valence-corrected chi connectivity index (χ3v) is 3.75. The van der Waals surface area contributed by atoms with Gasteiger partial charge in [-0.25, -0.2) is 4.98 Å². The number of carbonyl (C=O) groups excluding carboxylic acids is 1. The molecule has 1 aromatic carbocycles. The van der Waals surface area contributed by atoms with E-state index in [-0.39, 0.29) is 5.78 Å². The summed E-state index contributed by atoms with van der Waals surface area (Å²) >= 11 is 1.46. The van der Waals surface area contributed by atoms with Crippen LogP contribution in [-0.2, 0) is 0 Å². The van der Waals surface area contributed by atoms with Crippen molar-refractivity contribution in [2.45, 2.75) is 13.3 Å². The number of carbonyl (C=O) groups is 1.